The Labute approximate surface area is 108 Å². The minimum Gasteiger partial charge on any atom is -0.337 e. The molecule has 0 saturated heterocycles. The number of nitrogens with one attached hydrogen (secondary N) is 1. The first kappa shape index (κ1) is 10.8. The second-order valence-electron chi connectivity index (χ2n) is 3.78. The van der Waals surface area contributed by atoms with Crippen molar-refractivity contribution < 1.29 is 0 Å². The summed E-state index contributed by atoms with van der Waals surface area (Å²) < 4.78 is 0. The maximum absolute atomic E-state index is 8.75. The molecule has 0 saturated carbocycles. The van der Waals surface area contributed by atoms with Gasteiger partial charge in [-0.25, -0.2) is 9.97 Å². The van der Waals surface area contributed by atoms with Crippen molar-refractivity contribution in [3.63, 3.8) is 0 Å². The van der Waals surface area contributed by atoms with Gasteiger partial charge in [-0.15, -0.1) is 0 Å². The number of aromatic amines is 1. The molecular weight excluding hydrogens is 248 g/mol. The van der Waals surface area contributed by atoms with Gasteiger partial charge in [0.2, 0.25) is 0 Å². The summed E-state index contributed by atoms with van der Waals surface area (Å²) in [5.74, 6) is 0.712. The molecule has 0 atom stereocenters. The van der Waals surface area contributed by atoms with Gasteiger partial charge in [-0.05, 0) is 36.4 Å². The molecule has 0 unspecified atom stereocenters. The van der Waals surface area contributed by atoms with Gasteiger partial charge in [0.15, 0.2) is 5.65 Å². The minimum absolute atomic E-state index is 0.417. The van der Waals surface area contributed by atoms with Crippen molar-refractivity contribution in [2.75, 3.05) is 0 Å². The molecular formula is C13H7ClN4. The largest absolute Gasteiger partial charge is 0.337 e. The van der Waals surface area contributed by atoms with E-state index in [4.69, 9.17) is 16.9 Å². The summed E-state index contributed by atoms with van der Waals surface area (Å²) in [6.07, 6.45) is 0. The van der Waals surface area contributed by atoms with Crippen LogP contribution in [0.3, 0.4) is 0 Å². The summed E-state index contributed by atoms with van der Waals surface area (Å²) in [6, 6.07) is 12.8. The topological polar surface area (TPSA) is 65.4 Å². The maximum Gasteiger partial charge on any atom is 0.179 e. The molecule has 0 aliphatic carbocycles. The van der Waals surface area contributed by atoms with E-state index in [2.05, 4.69) is 21.0 Å². The molecule has 4 nitrogen and oxygen atoms in total. The fourth-order valence-electron chi connectivity index (χ4n) is 1.71. The van der Waals surface area contributed by atoms with Gasteiger partial charge in [0, 0.05) is 5.56 Å². The van der Waals surface area contributed by atoms with E-state index in [1.807, 2.05) is 18.2 Å². The van der Waals surface area contributed by atoms with Crippen LogP contribution in [0.15, 0.2) is 36.4 Å². The first-order valence-electron chi connectivity index (χ1n) is 5.29. The average Bonchev–Trinajstić information content (AvgIpc) is 2.81. The van der Waals surface area contributed by atoms with Crippen LogP contribution in [0, 0.1) is 11.3 Å². The lowest BCUT2D eigenvalue weighted by atomic mass is 10.1. The summed E-state index contributed by atoms with van der Waals surface area (Å²) in [6.45, 7) is 0. The van der Waals surface area contributed by atoms with Gasteiger partial charge in [-0.3, -0.25) is 0 Å². The van der Waals surface area contributed by atoms with Crippen LogP contribution in [0.25, 0.3) is 22.6 Å². The fourth-order valence-corrected chi connectivity index (χ4v) is 1.85. The molecule has 2 heterocycles. The van der Waals surface area contributed by atoms with Gasteiger partial charge in [-0.2, -0.15) is 5.26 Å². The third-order valence-corrected chi connectivity index (χ3v) is 2.81. The molecule has 18 heavy (non-hydrogen) atoms. The van der Waals surface area contributed by atoms with Crippen LogP contribution in [0.1, 0.15) is 5.56 Å². The van der Waals surface area contributed by atoms with E-state index in [-0.39, 0.29) is 0 Å². The fraction of sp³-hybridized carbons (Fsp3) is 0. The monoisotopic (exact) mass is 254 g/mol. The predicted molar refractivity (Wildman–Crippen MR) is 69.0 cm³/mol. The highest BCUT2D eigenvalue weighted by Gasteiger charge is 2.06. The Hall–Kier alpha value is -2.38. The molecule has 1 N–H and O–H groups in total. The first-order chi connectivity index (χ1) is 8.76. The van der Waals surface area contributed by atoms with Crippen LogP contribution in [-0.2, 0) is 0 Å². The van der Waals surface area contributed by atoms with E-state index in [0.717, 1.165) is 11.1 Å². The first-order valence-corrected chi connectivity index (χ1v) is 5.67. The van der Waals surface area contributed by atoms with Crippen LogP contribution in [0.2, 0.25) is 5.15 Å². The Bertz CT molecular complexity index is 753. The van der Waals surface area contributed by atoms with Crippen molar-refractivity contribution in [2.24, 2.45) is 0 Å². The Morgan fingerprint density at radius 3 is 2.56 bits per heavy atom. The van der Waals surface area contributed by atoms with Gasteiger partial charge < -0.3 is 4.98 Å². The van der Waals surface area contributed by atoms with Crippen LogP contribution in [0.5, 0.6) is 0 Å². The number of H-pyrrole nitrogens is 1. The Kier molecular flexibility index (Phi) is 2.47. The van der Waals surface area contributed by atoms with Crippen LogP contribution in [0.4, 0.5) is 0 Å². The lowest BCUT2D eigenvalue weighted by molar-refractivity contribution is 1.30. The SMILES string of the molecule is N#Cc1ccc(-c2nc3nc(Cl)ccc3[nH]2)cc1. The van der Waals surface area contributed by atoms with Crippen molar-refractivity contribution in [3.05, 3.63) is 47.1 Å². The highest BCUT2D eigenvalue weighted by molar-refractivity contribution is 6.29. The van der Waals surface area contributed by atoms with E-state index in [9.17, 15) is 0 Å². The van der Waals surface area contributed by atoms with Crippen molar-refractivity contribution >= 4 is 22.8 Å². The smallest absolute Gasteiger partial charge is 0.179 e. The van der Waals surface area contributed by atoms with E-state index in [1.165, 1.54) is 0 Å². The molecule has 0 fully saturated rings. The molecule has 2 aromatic heterocycles. The summed E-state index contributed by atoms with van der Waals surface area (Å²) >= 11 is 5.81. The lowest BCUT2D eigenvalue weighted by Crippen LogP contribution is -1.81. The quantitative estimate of drug-likeness (QED) is 0.679. The van der Waals surface area contributed by atoms with Gasteiger partial charge >= 0.3 is 0 Å². The molecule has 3 rings (SSSR count). The van der Waals surface area contributed by atoms with Crippen molar-refractivity contribution in [1.82, 2.24) is 15.0 Å². The molecule has 0 aliphatic rings. The second kappa shape index (κ2) is 4.13. The zero-order valence-corrected chi connectivity index (χ0v) is 9.94. The van der Waals surface area contributed by atoms with Gasteiger partial charge in [0.25, 0.3) is 0 Å². The number of aromatic nitrogens is 3. The molecule has 86 valence electrons. The number of halogens is 1. The van der Waals surface area contributed by atoms with E-state index < -0.39 is 0 Å². The van der Waals surface area contributed by atoms with Crippen molar-refractivity contribution in [2.45, 2.75) is 0 Å². The normalized spacial score (nSPS) is 10.4. The Morgan fingerprint density at radius 1 is 1.06 bits per heavy atom. The van der Waals surface area contributed by atoms with Crippen LogP contribution >= 0.6 is 11.6 Å². The summed E-state index contributed by atoms with van der Waals surface area (Å²) in [5.41, 5.74) is 2.94. The third kappa shape index (κ3) is 1.81. The zero-order chi connectivity index (χ0) is 12.5. The molecule has 0 aliphatic heterocycles. The van der Waals surface area contributed by atoms with Gasteiger partial charge in [0.05, 0.1) is 17.1 Å². The van der Waals surface area contributed by atoms with Crippen molar-refractivity contribution in [3.8, 4) is 17.5 Å². The predicted octanol–water partition coefficient (Wildman–Crippen LogP) is 3.15. The van der Waals surface area contributed by atoms with E-state index in [0.29, 0.717) is 22.2 Å². The zero-order valence-electron chi connectivity index (χ0n) is 9.18. The molecule has 0 bridgehead atoms. The standard InChI is InChI=1S/C13H7ClN4/c14-11-6-5-10-13(17-11)18-12(16-10)9-3-1-8(7-15)2-4-9/h1-6H,(H,16,17,18). The number of pyridine rings is 1. The van der Waals surface area contributed by atoms with Crippen molar-refractivity contribution in [1.29, 1.82) is 5.26 Å². The average molecular weight is 255 g/mol. The molecule has 0 spiro atoms. The molecule has 3 aromatic rings. The number of fused-ring (bicyclic) bond motifs is 1. The third-order valence-electron chi connectivity index (χ3n) is 2.60. The Morgan fingerprint density at radius 2 is 1.83 bits per heavy atom. The molecule has 0 amide bonds. The number of hydrogen-bond acceptors (Lipinski definition) is 3. The maximum atomic E-state index is 8.75. The molecule has 5 heteroatoms. The highest BCUT2D eigenvalue weighted by Crippen LogP contribution is 2.20. The minimum atomic E-state index is 0.417. The number of benzene rings is 1. The van der Waals surface area contributed by atoms with Crippen LogP contribution < -0.4 is 0 Å². The number of rotatable bonds is 1. The highest BCUT2D eigenvalue weighted by atomic mass is 35.5. The Balaban J connectivity index is 2.10. The van der Waals surface area contributed by atoms with E-state index >= 15 is 0 Å². The number of nitriles is 1. The second-order valence-corrected chi connectivity index (χ2v) is 4.17. The number of hydrogen-bond donors (Lipinski definition) is 1. The van der Waals surface area contributed by atoms with Crippen LogP contribution in [-0.4, -0.2) is 15.0 Å². The summed E-state index contributed by atoms with van der Waals surface area (Å²) in [7, 11) is 0. The summed E-state index contributed by atoms with van der Waals surface area (Å²) in [5, 5.41) is 9.16. The van der Waals surface area contributed by atoms with Gasteiger partial charge in [-0.1, -0.05) is 11.6 Å². The van der Waals surface area contributed by atoms with Gasteiger partial charge in [0.1, 0.15) is 11.0 Å². The number of nitrogens with zero attached hydrogens (tertiary/aromatic N) is 3. The number of imidazole rings is 1. The van der Waals surface area contributed by atoms with E-state index in [1.54, 1.807) is 18.2 Å². The lowest BCUT2D eigenvalue weighted by Gasteiger charge is -1.95. The summed E-state index contributed by atoms with van der Waals surface area (Å²) in [4.78, 5) is 11.7. The molecule has 1 aromatic carbocycles. The molecule has 0 radical (unpaired) electrons.